The monoisotopic (exact) mass is 370 g/mol. The highest BCUT2D eigenvalue weighted by atomic mass is 19.1. The van der Waals surface area contributed by atoms with Crippen LogP contribution in [0, 0.1) is 5.82 Å². The second-order valence-corrected chi connectivity index (χ2v) is 5.91. The van der Waals surface area contributed by atoms with Gasteiger partial charge in [0.2, 0.25) is 0 Å². The number of carbonyl (C=O) groups is 2. The highest BCUT2D eigenvalue weighted by molar-refractivity contribution is 5.98. The van der Waals surface area contributed by atoms with Crippen LogP contribution in [-0.4, -0.2) is 30.1 Å². The van der Waals surface area contributed by atoms with Crippen molar-refractivity contribution in [2.45, 2.75) is 13.0 Å². The molecule has 1 aliphatic heterocycles. The molecule has 1 atom stereocenters. The number of rotatable bonds is 6. The molecular formula is C19H19FN4O3. The number of allylic oxidation sites excluding steroid dienone is 1. The van der Waals surface area contributed by atoms with E-state index in [4.69, 9.17) is 4.74 Å². The van der Waals surface area contributed by atoms with E-state index in [1.54, 1.807) is 31.5 Å². The summed E-state index contributed by atoms with van der Waals surface area (Å²) < 4.78 is 18.3. The number of nitrogens with zero attached hydrogens (tertiary/aromatic N) is 1. The maximum absolute atomic E-state index is 12.9. The molecule has 1 aliphatic rings. The van der Waals surface area contributed by atoms with E-state index in [-0.39, 0.29) is 30.9 Å². The Morgan fingerprint density at radius 2 is 2.07 bits per heavy atom. The maximum atomic E-state index is 12.9. The Morgan fingerprint density at radius 3 is 2.78 bits per heavy atom. The van der Waals surface area contributed by atoms with Crippen LogP contribution in [0.5, 0.6) is 5.75 Å². The van der Waals surface area contributed by atoms with Gasteiger partial charge in [-0.2, -0.15) is 0 Å². The lowest BCUT2D eigenvalue weighted by molar-refractivity contribution is -0.118. The molecule has 1 aromatic heterocycles. The van der Waals surface area contributed by atoms with Crippen molar-refractivity contribution in [3.63, 3.8) is 0 Å². The first kappa shape index (κ1) is 18.4. The molecule has 0 unspecified atom stereocenters. The number of amides is 3. The summed E-state index contributed by atoms with van der Waals surface area (Å²) in [6, 6.07) is 8.20. The maximum Gasteiger partial charge on any atom is 0.319 e. The summed E-state index contributed by atoms with van der Waals surface area (Å²) in [5.74, 6) is -0.149. The normalized spacial score (nSPS) is 16.4. The molecule has 2 aromatic rings. The van der Waals surface area contributed by atoms with Crippen molar-refractivity contribution in [3.05, 3.63) is 71.4 Å². The third-order valence-corrected chi connectivity index (χ3v) is 4.00. The van der Waals surface area contributed by atoms with E-state index in [1.807, 2.05) is 0 Å². The predicted octanol–water partition coefficient (Wildman–Crippen LogP) is 2.04. The van der Waals surface area contributed by atoms with E-state index in [0.717, 1.165) is 0 Å². The minimum absolute atomic E-state index is 0.223. The van der Waals surface area contributed by atoms with Gasteiger partial charge in [0, 0.05) is 18.1 Å². The number of hydrogen-bond donors (Lipinski definition) is 3. The molecule has 1 aromatic carbocycles. The molecule has 0 spiro atoms. The second kappa shape index (κ2) is 8.31. The highest BCUT2D eigenvalue weighted by Gasteiger charge is 2.31. The zero-order valence-corrected chi connectivity index (χ0v) is 14.7. The highest BCUT2D eigenvalue weighted by Crippen LogP contribution is 2.25. The Hall–Kier alpha value is -3.42. The van der Waals surface area contributed by atoms with E-state index >= 15 is 0 Å². The number of aromatic nitrogens is 1. The molecule has 0 fully saturated rings. The predicted molar refractivity (Wildman–Crippen MR) is 96.3 cm³/mol. The zero-order chi connectivity index (χ0) is 19.2. The van der Waals surface area contributed by atoms with Crippen LogP contribution in [-0.2, 0) is 4.79 Å². The third kappa shape index (κ3) is 4.60. The van der Waals surface area contributed by atoms with Crippen molar-refractivity contribution in [2.24, 2.45) is 0 Å². The van der Waals surface area contributed by atoms with E-state index in [1.165, 1.54) is 24.3 Å². The first-order chi connectivity index (χ1) is 13.0. The molecule has 2 heterocycles. The van der Waals surface area contributed by atoms with Gasteiger partial charge in [-0.15, -0.1) is 0 Å². The van der Waals surface area contributed by atoms with Crippen LogP contribution in [0.25, 0.3) is 0 Å². The molecule has 0 saturated carbocycles. The van der Waals surface area contributed by atoms with E-state index < -0.39 is 6.04 Å². The largest absolute Gasteiger partial charge is 0.492 e. The first-order valence-electron chi connectivity index (χ1n) is 8.39. The van der Waals surface area contributed by atoms with Gasteiger partial charge >= 0.3 is 6.03 Å². The lowest BCUT2D eigenvalue weighted by Crippen LogP contribution is -2.47. The number of ether oxygens (including phenoxy) is 1. The van der Waals surface area contributed by atoms with Crippen LogP contribution in [0.1, 0.15) is 18.5 Å². The molecule has 8 heteroatoms. The van der Waals surface area contributed by atoms with Crippen molar-refractivity contribution in [3.8, 4) is 5.75 Å². The number of halogens is 1. The summed E-state index contributed by atoms with van der Waals surface area (Å²) in [7, 11) is 0. The molecule has 140 valence electrons. The standard InChI is InChI=1S/C19H19FN4O3/c1-12-16(17(24-19(26)23-12)13-3-2-8-21-11-13)18(25)22-9-10-27-15-6-4-14(20)5-7-15/h2-8,11,17H,9-10H2,1H3,(H,22,25)(H2,23,24,26)/t17-/m0/s1. The molecule has 0 bridgehead atoms. The van der Waals surface area contributed by atoms with Gasteiger partial charge in [0.15, 0.2) is 0 Å². The molecule has 3 amide bonds. The van der Waals surface area contributed by atoms with Gasteiger partial charge in [-0.05, 0) is 42.8 Å². The SMILES string of the molecule is CC1=C(C(=O)NCCOc2ccc(F)cc2)[C@H](c2cccnc2)NC(=O)N1. The van der Waals surface area contributed by atoms with Crippen molar-refractivity contribution < 1.29 is 18.7 Å². The average molecular weight is 370 g/mol. The number of nitrogens with one attached hydrogen (secondary N) is 3. The number of urea groups is 1. The second-order valence-electron chi connectivity index (χ2n) is 5.91. The minimum Gasteiger partial charge on any atom is -0.492 e. The number of carbonyl (C=O) groups excluding carboxylic acids is 2. The first-order valence-corrected chi connectivity index (χ1v) is 8.39. The summed E-state index contributed by atoms with van der Waals surface area (Å²) in [5.41, 5.74) is 1.59. The van der Waals surface area contributed by atoms with Crippen LogP contribution in [0.15, 0.2) is 60.1 Å². The fourth-order valence-corrected chi connectivity index (χ4v) is 2.75. The Labute approximate surface area is 155 Å². The number of hydrogen-bond acceptors (Lipinski definition) is 4. The van der Waals surface area contributed by atoms with Gasteiger partial charge in [-0.25, -0.2) is 9.18 Å². The molecule has 0 radical (unpaired) electrons. The molecule has 3 rings (SSSR count). The molecule has 0 saturated heterocycles. The number of benzene rings is 1. The van der Waals surface area contributed by atoms with Gasteiger partial charge < -0.3 is 20.7 Å². The molecule has 7 nitrogen and oxygen atoms in total. The topological polar surface area (TPSA) is 92.3 Å². The van der Waals surface area contributed by atoms with Gasteiger partial charge in [0.1, 0.15) is 18.2 Å². The molecule has 27 heavy (non-hydrogen) atoms. The van der Waals surface area contributed by atoms with Crippen LogP contribution in [0.3, 0.4) is 0 Å². The third-order valence-electron chi connectivity index (χ3n) is 4.00. The summed E-state index contributed by atoms with van der Waals surface area (Å²) in [5, 5.41) is 8.12. The van der Waals surface area contributed by atoms with Crippen LogP contribution in [0.2, 0.25) is 0 Å². The molecule has 3 N–H and O–H groups in total. The summed E-state index contributed by atoms with van der Waals surface area (Å²) >= 11 is 0. The quantitative estimate of drug-likeness (QED) is 0.679. The smallest absolute Gasteiger partial charge is 0.319 e. The van der Waals surface area contributed by atoms with Gasteiger partial charge in [0.25, 0.3) is 5.91 Å². The van der Waals surface area contributed by atoms with E-state index in [2.05, 4.69) is 20.9 Å². The van der Waals surface area contributed by atoms with Gasteiger partial charge in [0.05, 0.1) is 18.2 Å². The fourth-order valence-electron chi connectivity index (χ4n) is 2.75. The van der Waals surface area contributed by atoms with Gasteiger partial charge in [-0.3, -0.25) is 9.78 Å². The average Bonchev–Trinajstić information content (AvgIpc) is 2.66. The minimum atomic E-state index is -0.592. The Morgan fingerprint density at radius 1 is 1.30 bits per heavy atom. The summed E-state index contributed by atoms with van der Waals surface area (Å²) in [6.45, 7) is 2.15. The summed E-state index contributed by atoms with van der Waals surface area (Å²) in [4.78, 5) is 28.5. The van der Waals surface area contributed by atoms with Crippen LogP contribution >= 0.6 is 0 Å². The zero-order valence-electron chi connectivity index (χ0n) is 14.7. The van der Waals surface area contributed by atoms with Crippen LogP contribution < -0.4 is 20.7 Å². The van der Waals surface area contributed by atoms with Crippen molar-refractivity contribution in [1.29, 1.82) is 0 Å². The lowest BCUT2D eigenvalue weighted by Gasteiger charge is -2.28. The summed E-state index contributed by atoms with van der Waals surface area (Å²) in [6.07, 6.45) is 3.23. The van der Waals surface area contributed by atoms with Gasteiger partial charge in [-0.1, -0.05) is 6.07 Å². The van der Waals surface area contributed by atoms with Crippen molar-refractivity contribution >= 4 is 11.9 Å². The molecule has 0 aliphatic carbocycles. The number of pyridine rings is 1. The Kier molecular flexibility index (Phi) is 5.65. The van der Waals surface area contributed by atoms with E-state index in [9.17, 15) is 14.0 Å². The van der Waals surface area contributed by atoms with Crippen LogP contribution in [0.4, 0.5) is 9.18 Å². The van der Waals surface area contributed by atoms with E-state index in [0.29, 0.717) is 22.6 Å². The van der Waals surface area contributed by atoms with Crippen molar-refractivity contribution in [1.82, 2.24) is 20.9 Å². The van der Waals surface area contributed by atoms with Crippen molar-refractivity contribution in [2.75, 3.05) is 13.2 Å². The Bertz CT molecular complexity index is 853. The Balaban J connectivity index is 1.63. The fraction of sp³-hybridized carbons (Fsp3) is 0.211. The lowest BCUT2D eigenvalue weighted by atomic mass is 9.96. The molecular weight excluding hydrogens is 351 g/mol.